The number of nitrogens with one attached hydrogen (secondary N) is 1. The topological polar surface area (TPSA) is 119 Å². The molecule has 0 saturated carbocycles. The fourth-order valence-corrected chi connectivity index (χ4v) is 3.11. The monoisotopic (exact) mass is 460 g/mol. The molecule has 4 N–H and O–H groups in total. The Morgan fingerprint density at radius 3 is 2.30 bits per heavy atom. The minimum atomic E-state index is -1.82. The molecule has 0 amide bonds. The maximum Gasteiger partial charge on any atom is 0.414 e. The minimum Gasteiger partial charge on any atom is -0.491 e. The second-order valence-corrected chi connectivity index (χ2v) is 7.89. The van der Waals surface area contributed by atoms with Crippen molar-refractivity contribution in [1.82, 2.24) is 5.32 Å². The average Bonchev–Trinajstić information content (AvgIpc) is 2.78. The van der Waals surface area contributed by atoms with Crippen molar-refractivity contribution in [3.63, 3.8) is 0 Å². The SMILES string of the molecule is CCN(CCNCC(O)COc1ccccc1C(C)C)c1cccc(C)c1.O=C(O)C(=O)O. The van der Waals surface area contributed by atoms with Crippen LogP contribution in [0.25, 0.3) is 0 Å². The summed E-state index contributed by atoms with van der Waals surface area (Å²) in [6.45, 7) is 12.1. The first-order valence-electron chi connectivity index (χ1n) is 11.0. The summed E-state index contributed by atoms with van der Waals surface area (Å²) < 4.78 is 5.84. The van der Waals surface area contributed by atoms with E-state index in [1.807, 2.05) is 18.2 Å². The van der Waals surface area contributed by atoms with Crippen LogP contribution in [0.2, 0.25) is 0 Å². The van der Waals surface area contributed by atoms with Gasteiger partial charge in [-0.1, -0.05) is 44.2 Å². The lowest BCUT2D eigenvalue weighted by molar-refractivity contribution is -0.159. The van der Waals surface area contributed by atoms with Crippen molar-refractivity contribution in [2.45, 2.75) is 39.7 Å². The quantitative estimate of drug-likeness (QED) is 0.298. The molecule has 0 radical (unpaired) electrons. The van der Waals surface area contributed by atoms with Crippen molar-refractivity contribution in [3.8, 4) is 5.75 Å². The predicted molar refractivity (Wildman–Crippen MR) is 129 cm³/mol. The number of aliphatic hydroxyl groups excluding tert-OH is 1. The second kappa shape index (κ2) is 14.9. The first kappa shape index (κ1) is 27.9. The van der Waals surface area contributed by atoms with Gasteiger partial charge < -0.3 is 30.3 Å². The molecule has 0 aliphatic heterocycles. The summed E-state index contributed by atoms with van der Waals surface area (Å²) in [6, 6.07) is 16.6. The summed E-state index contributed by atoms with van der Waals surface area (Å²) in [5.74, 6) is -2.38. The zero-order valence-electron chi connectivity index (χ0n) is 19.8. The Morgan fingerprint density at radius 2 is 1.73 bits per heavy atom. The molecule has 0 aliphatic carbocycles. The third-order valence-corrected chi connectivity index (χ3v) is 4.84. The maximum absolute atomic E-state index is 10.2. The van der Waals surface area contributed by atoms with E-state index in [0.717, 1.165) is 25.4 Å². The number of benzene rings is 2. The number of aliphatic carboxylic acids is 2. The number of ether oxygens (including phenoxy) is 1. The molecule has 0 bridgehead atoms. The minimum absolute atomic E-state index is 0.298. The van der Waals surface area contributed by atoms with Crippen molar-refractivity contribution in [2.75, 3.05) is 37.7 Å². The number of hydrogen-bond acceptors (Lipinski definition) is 6. The third-order valence-electron chi connectivity index (χ3n) is 4.84. The lowest BCUT2D eigenvalue weighted by atomic mass is 10.0. The standard InChI is InChI=1S/C23H34N2O2.C2H2O4/c1-5-25(20-10-8-9-19(4)15-20)14-13-24-16-21(26)17-27-23-12-7-6-11-22(23)18(2)3;3-1(4)2(5)6/h6-12,15,18,21,24,26H,5,13-14,16-17H2,1-4H3;(H,3,4)(H,5,6). The van der Waals surface area contributed by atoms with Crippen LogP contribution in [0.5, 0.6) is 5.75 Å². The normalized spacial score (nSPS) is 11.3. The molecule has 1 atom stereocenters. The molecule has 0 fully saturated rings. The Kier molecular flexibility index (Phi) is 12.6. The number of carboxylic acid groups (broad SMARTS) is 2. The van der Waals surface area contributed by atoms with Gasteiger partial charge in [-0.3, -0.25) is 0 Å². The lowest BCUT2D eigenvalue weighted by Crippen LogP contribution is -2.37. The number of carboxylic acids is 2. The molecule has 0 aromatic heterocycles. The zero-order chi connectivity index (χ0) is 24.8. The van der Waals surface area contributed by atoms with Gasteiger partial charge >= 0.3 is 11.9 Å². The fraction of sp³-hybridized carbons (Fsp3) is 0.440. The first-order chi connectivity index (χ1) is 15.6. The van der Waals surface area contributed by atoms with Crippen LogP contribution >= 0.6 is 0 Å². The molecule has 2 aromatic carbocycles. The van der Waals surface area contributed by atoms with Crippen molar-refractivity contribution in [2.24, 2.45) is 0 Å². The van der Waals surface area contributed by atoms with E-state index >= 15 is 0 Å². The van der Waals surface area contributed by atoms with Gasteiger partial charge in [0.05, 0.1) is 0 Å². The number of carbonyl (C=O) groups is 2. The second-order valence-electron chi connectivity index (χ2n) is 7.89. The van der Waals surface area contributed by atoms with Crippen LogP contribution in [-0.2, 0) is 9.59 Å². The molecular formula is C25H36N2O6. The van der Waals surface area contributed by atoms with Gasteiger partial charge in [0.2, 0.25) is 0 Å². The van der Waals surface area contributed by atoms with Gasteiger partial charge in [0.25, 0.3) is 0 Å². The number of rotatable bonds is 11. The molecule has 2 aromatic rings. The number of nitrogens with zero attached hydrogens (tertiary/aromatic N) is 1. The van der Waals surface area contributed by atoms with E-state index < -0.39 is 18.0 Å². The van der Waals surface area contributed by atoms with Gasteiger partial charge in [0.15, 0.2) is 0 Å². The molecular weight excluding hydrogens is 424 g/mol. The number of likely N-dealkylation sites (N-methyl/N-ethyl adjacent to an activating group) is 1. The van der Waals surface area contributed by atoms with Crippen LogP contribution in [0.15, 0.2) is 48.5 Å². The number of para-hydroxylation sites is 1. The number of hydrogen-bond donors (Lipinski definition) is 4. The molecule has 0 saturated heterocycles. The Hall–Kier alpha value is -3.10. The van der Waals surface area contributed by atoms with Gasteiger partial charge in [-0.15, -0.1) is 0 Å². The molecule has 1 unspecified atom stereocenters. The van der Waals surface area contributed by atoms with Crippen molar-refractivity contribution < 1.29 is 29.6 Å². The van der Waals surface area contributed by atoms with Crippen LogP contribution in [0.1, 0.15) is 37.8 Å². The number of anilines is 1. The highest BCUT2D eigenvalue weighted by atomic mass is 16.5. The predicted octanol–water partition coefficient (Wildman–Crippen LogP) is 3.13. The Labute approximate surface area is 195 Å². The van der Waals surface area contributed by atoms with Crippen LogP contribution in [-0.4, -0.2) is 66.1 Å². The molecule has 182 valence electrons. The molecule has 8 heteroatoms. The van der Waals surface area contributed by atoms with E-state index in [9.17, 15) is 5.11 Å². The highest BCUT2D eigenvalue weighted by Gasteiger charge is 2.10. The molecule has 0 aliphatic rings. The van der Waals surface area contributed by atoms with Crippen LogP contribution < -0.4 is 15.0 Å². The zero-order valence-corrected chi connectivity index (χ0v) is 19.8. The van der Waals surface area contributed by atoms with E-state index in [2.05, 4.69) is 68.2 Å². The summed E-state index contributed by atoms with van der Waals surface area (Å²) in [6.07, 6.45) is -0.528. The summed E-state index contributed by atoms with van der Waals surface area (Å²) in [7, 11) is 0. The number of aliphatic hydroxyl groups is 1. The van der Waals surface area contributed by atoms with Gasteiger partial charge in [-0.05, 0) is 49.1 Å². The largest absolute Gasteiger partial charge is 0.491 e. The van der Waals surface area contributed by atoms with E-state index in [1.54, 1.807) is 0 Å². The van der Waals surface area contributed by atoms with Gasteiger partial charge in [0, 0.05) is 31.9 Å². The highest BCUT2D eigenvalue weighted by molar-refractivity contribution is 6.27. The highest BCUT2D eigenvalue weighted by Crippen LogP contribution is 2.25. The summed E-state index contributed by atoms with van der Waals surface area (Å²) >= 11 is 0. The third kappa shape index (κ3) is 10.9. The van der Waals surface area contributed by atoms with Gasteiger partial charge in [0.1, 0.15) is 18.5 Å². The van der Waals surface area contributed by atoms with Crippen LogP contribution in [0, 0.1) is 6.92 Å². The van der Waals surface area contributed by atoms with E-state index in [4.69, 9.17) is 24.5 Å². The first-order valence-corrected chi connectivity index (χ1v) is 11.0. The summed E-state index contributed by atoms with van der Waals surface area (Å²) in [4.78, 5) is 20.5. The smallest absolute Gasteiger partial charge is 0.414 e. The maximum atomic E-state index is 10.2. The molecule has 0 spiro atoms. The summed E-state index contributed by atoms with van der Waals surface area (Å²) in [5.41, 5.74) is 3.69. The van der Waals surface area contributed by atoms with Gasteiger partial charge in [-0.25, -0.2) is 9.59 Å². The van der Waals surface area contributed by atoms with Crippen LogP contribution in [0.4, 0.5) is 5.69 Å². The summed E-state index contributed by atoms with van der Waals surface area (Å²) in [5, 5.41) is 28.3. The molecule has 0 heterocycles. The average molecular weight is 461 g/mol. The Bertz CT molecular complexity index is 859. The fourth-order valence-electron chi connectivity index (χ4n) is 3.11. The van der Waals surface area contributed by atoms with Crippen molar-refractivity contribution in [1.29, 1.82) is 0 Å². The van der Waals surface area contributed by atoms with E-state index in [-0.39, 0.29) is 0 Å². The van der Waals surface area contributed by atoms with Crippen molar-refractivity contribution >= 4 is 17.6 Å². The Morgan fingerprint density at radius 1 is 1.06 bits per heavy atom. The number of aryl methyl sites for hydroxylation is 1. The molecule has 2 rings (SSSR count). The Balaban J connectivity index is 0.000000801. The molecule has 8 nitrogen and oxygen atoms in total. The lowest BCUT2D eigenvalue weighted by Gasteiger charge is -2.24. The van der Waals surface area contributed by atoms with Gasteiger partial charge in [-0.2, -0.15) is 0 Å². The van der Waals surface area contributed by atoms with E-state index in [1.165, 1.54) is 16.8 Å². The van der Waals surface area contributed by atoms with E-state index in [0.29, 0.717) is 19.1 Å². The van der Waals surface area contributed by atoms with Crippen molar-refractivity contribution in [3.05, 3.63) is 59.7 Å². The van der Waals surface area contributed by atoms with Crippen LogP contribution in [0.3, 0.4) is 0 Å². The molecule has 33 heavy (non-hydrogen) atoms.